The first-order chi connectivity index (χ1) is 7.46. The van der Waals surface area contributed by atoms with E-state index in [2.05, 4.69) is 33.4 Å². The lowest BCUT2D eigenvalue weighted by molar-refractivity contribution is -0.0945. The Kier molecular flexibility index (Phi) is 1.99. The van der Waals surface area contributed by atoms with Gasteiger partial charge in [-0.2, -0.15) is 0 Å². The Morgan fingerprint density at radius 3 is 2.94 bits per heavy atom. The average molecular weight is 218 g/mol. The van der Waals surface area contributed by atoms with Crippen LogP contribution in [0.15, 0.2) is 23.8 Å². The van der Waals surface area contributed by atoms with Gasteiger partial charge in [0.1, 0.15) is 0 Å². The third-order valence-electron chi connectivity index (χ3n) is 5.17. The zero-order valence-electron chi connectivity index (χ0n) is 10.7. The zero-order valence-corrected chi connectivity index (χ0v) is 10.7. The van der Waals surface area contributed by atoms with Crippen LogP contribution in [0, 0.1) is 11.8 Å². The van der Waals surface area contributed by atoms with Gasteiger partial charge in [0.15, 0.2) is 0 Å². The second-order valence-electron chi connectivity index (χ2n) is 6.37. The Hall–Kier alpha value is -0.560. The molecule has 1 heteroatoms. The minimum Gasteiger partial charge on any atom is -0.364 e. The van der Waals surface area contributed by atoms with Crippen LogP contribution in [-0.4, -0.2) is 11.2 Å². The van der Waals surface area contributed by atoms with Crippen molar-refractivity contribution in [2.24, 2.45) is 11.8 Å². The van der Waals surface area contributed by atoms with Gasteiger partial charge in [-0.15, -0.1) is 0 Å². The van der Waals surface area contributed by atoms with Crippen molar-refractivity contribution in [1.82, 2.24) is 0 Å². The van der Waals surface area contributed by atoms with Gasteiger partial charge in [0.2, 0.25) is 0 Å². The lowest BCUT2D eigenvalue weighted by Gasteiger charge is -2.37. The molecule has 0 radical (unpaired) electrons. The molecular weight excluding hydrogens is 196 g/mol. The van der Waals surface area contributed by atoms with Crippen LogP contribution < -0.4 is 0 Å². The molecule has 1 nitrogen and oxygen atoms in total. The highest BCUT2D eigenvalue weighted by Gasteiger charge is 2.58. The highest BCUT2D eigenvalue weighted by molar-refractivity contribution is 5.34. The van der Waals surface area contributed by atoms with Gasteiger partial charge in [0, 0.05) is 5.92 Å². The Morgan fingerprint density at radius 1 is 1.44 bits per heavy atom. The molecule has 2 aliphatic carbocycles. The second-order valence-corrected chi connectivity index (χ2v) is 6.37. The smallest absolute Gasteiger partial charge is 0.0967 e. The molecule has 1 saturated carbocycles. The molecule has 0 aromatic heterocycles. The minimum atomic E-state index is 0.0156. The Balaban J connectivity index is 2.08. The number of fused-ring (bicyclic) bond motifs is 1. The van der Waals surface area contributed by atoms with E-state index in [0.717, 1.165) is 6.42 Å². The molecule has 3 unspecified atom stereocenters. The summed E-state index contributed by atoms with van der Waals surface area (Å²) in [7, 11) is 0. The number of hydrogen-bond acceptors (Lipinski definition) is 1. The maximum absolute atomic E-state index is 6.52. The van der Waals surface area contributed by atoms with Gasteiger partial charge in [0.05, 0.1) is 11.2 Å². The van der Waals surface area contributed by atoms with Gasteiger partial charge in [-0.05, 0) is 57.9 Å². The molecule has 2 bridgehead atoms. The molecule has 3 aliphatic rings. The minimum absolute atomic E-state index is 0.0156. The predicted molar refractivity (Wildman–Crippen MR) is 66.2 cm³/mol. The van der Waals surface area contributed by atoms with E-state index in [9.17, 15) is 0 Å². The molecule has 88 valence electrons. The molecule has 16 heavy (non-hydrogen) atoms. The van der Waals surface area contributed by atoms with Gasteiger partial charge in [-0.1, -0.05) is 18.2 Å². The lowest BCUT2D eigenvalue weighted by Crippen LogP contribution is -2.39. The van der Waals surface area contributed by atoms with E-state index in [4.69, 9.17) is 4.74 Å². The van der Waals surface area contributed by atoms with Crippen LogP contribution in [0.2, 0.25) is 0 Å². The first-order valence-corrected chi connectivity index (χ1v) is 6.51. The van der Waals surface area contributed by atoms with E-state index < -0.39 is 0 Å². The monoisotopic (exact) mass is 218 g/mol. The van der Waals surface area contributed by atoms with Crippen molar-refractivity contribution in [3.05, 3.63) is 23.8 Å². The summed E-state index contributed by atoms with van der Waals surface area (Å²) in [6.45, 7) is 11.1. The molecule has 3 rings (SSSR count). The summed E-state index contributed by atoms with van der Waals surface area (Å²) in [5.41, 5.74) is 2.95. The molecule has 0 aromatic rings. The summed E-state index contributed by atoms with van der Waals surface area (Å²) in [4.78, 5) is 0. The summed E-state index contributed by atoms with van der Waals surface area (Å²) < 4.78 is 6.52. The first kappa shape index (κ1) is 10.6. The van der Waals surface area contributed by atoms with Crippen LogP contribution in [0.1, 0.15) is 46.5 Å². The summed E-state index contributed by atoms with van der Waals surface area (Å²) in [6.07, 6.45) is 7.20. The molecule has 1 aliphatic heterocycles. The van der Waals surface area contributed by atoms with E-state index in [-0.39, 0.29) is 11.2 Å². The van der Waals surface area contributed by atoms with Crippen molar-refractivity contribution >= 4 is 0 Å². The van der Waals surface area contributed by atoms with Crippen molar-refractivity contribution in [3.63, 3.8) is 0 Å². The van der Waals surface area contributed by atoms with E-state index in [1.54, 1.807) is 0 Å². The normalized spacial score (nSPS) is 45.2. The molecule has 1 heterocycles. The fourth-order valence-electron chi connectivity index (χ4n) is 4.07. The fourth-order valence-corrected chi connectivity index (χ4v) is 4.07. The van der Waals surface area contributed by atoms with Crippen LogP contribution >= 0.6 is 0 Å². The van der Waals surface area contributed by atoms with Gasteiger partial charge in [-0.3, -0.25) is 0 Å². The van der Waals surface area contributed by atoms with Crippen LogP contribution in [0.3, 0.4) is 0 Å². The van der Waals surface area contributed by atoms with Crippen molar-refractivity contribution in [2.45, 2.75) is 57.7 Å². The molecule has 0 N–H and O–H groups in total. The standard InChI is InChI=1S/C15H22O/c1-10-5-7-12-9-15(16-14(12,3)4)11(2)6-8-13(10)15/h6,12-13H,1,5,7-9H2,2-4H3. The van der Waals surface area contributed by atoms with Crippen LogP contribution in [-0.2, 0) is 4.74 Å². The second kappa shape index (κ2) is 3.01. The summed E-state index contributed by atoms with van der Waals surface area (Å²) in [5, 5.41) is 0. The van der Waals surface area contributed by atoms with E-state index >= 15 is 0 Å². The van der Waals surface area contributed by atoms with E-state index in [0.29, 0.717) is 11.8 Å². The van der Waals surface area contributed by atoms with Gasteiger partial charge in [0.25, 0.3) is 0 Å². The molecular formula is C15H22O. The van der Waals surface area contributed by atoms with Gasteiger partial charge >= 0.3 is 0 Å². The van der Waals surface area contributed by atoms with Gasteiger partial charge in [-0.25, -0.2) is 0 Å². The maximum atomic E-state index is 6.52. The number of rotatable bonds is 0. The highest BCUT2D eigenvalue weighted by atomic mass is 16.5. The summed E-state index contributed by atoms with van der Waals surface area (Å²) in [6, 6.07) is 0. The third kappa shape index (κ3) is 1.15. The Bertz CT molecular complexity index is 377. The van der Waals surface area contributed by atoms with E-state index in [1.807, 2.05) is 0 Å². The van der Waals surface area contributed by atoms with E-state index in [1.165, 1.54) is 30.4 Å². The molecule has 0 aromatic carbocycles. The Labute approximate surface area is 98.6 Å². The van der Waals surface area contributed by atoms with Gasteiger partial charge < -0.3 is 4.74 Å². The average Bonchev–Trinajstić information content (AvgIpc) is 2.57. The topological polar surface area (TPSA) is 9.23 Å². The lowest BCUT2D eigenvalue weighted by atomic mass is 9.79. The maximum Gasteiger partial charge on any atom is 0.0967 e. The highest BCUT2D eigenvalue weighted by Crippen LogP contribution is 2.59. The van der Waals surface area contributed by atoms with Crippen molar-refractivity contribution in [2.75, 3.05) is 0 Å². The van der Waals surface area contributed by atoms with Crippen LogP contribution in [0.5, 0.6) is 0 Å². The number of ether oxygens (including phenoxy) is 1. The molecule has 3 atom stereocenters. The SMILES string of the molecule is C=C1CCC2CC3(OC2(C)C)C(C)=CCC13. The van der Waals surface area contributed by atoms with Crippen molar-refractivity contribution in [3.8, 4) is 0 Å². The third-order valence-corrected chi connectivity index (χ3v) is 5.17. The van der Waals surface area contributed by atoms with Crippen LogP contribution in [0.4, 0.5) is 0 Å². The van der Waals surface area contributed by atoms with Crippen molar-refractivity contribution < 1.29 is 4.74 Å². The summed E-state index contributed by atoms with van der Waals surface area (Å²) in [5.74, 6) is 1.26. The summed E-state index contributed by atoms with van der Waals surface area (Å²) >= 11 is 0. The molecule has 0 amide bonds. The molecule has 1 saturated heterocycles. The first-order valence-electron chi connectivity index (χ1n) is 6.51. The largest absolute Gasteiger partial charge is 0.364 e. The molecule has 1 spiro atoms. The fraction of sp³-hybridized carbons (Fsp3) is 0.733. The Morgan fingerprint density at radius 2 is 2.19 bits per heavy atom. The number of hydrogen-bond donors (Lipinski definition) is 0. The van der Waals surface area contributed by atoms with Crippen molar-refractivity contribution in [1.29, 1.82) is 0 Å². The molecule has 2 fully saturated rings. The quantitative estimate of drug-likeness (QED) is 0.561. The number of allylic oxidation sites excluding steroid dienone is 1. The zero-order chi connectivity index (χ0) is 11.6. The predicted octanol–water partition coefficient (Wildman–Crippen LogP) is 3.86. The van der Waals surface area contributed by atoms with Crippen LogP contribution in [0.25, 0.3) is 0 Å².